The number of nitrogens with one attached hydrogen (secondary N) is 1. The first-order valence-electron chi connectivity index (χ1n) is 7.50. The van der Waals surface area contributed by atoms with Crippen LogP contribution in [0.25, 0.3) is 0 Å². The summed E-state index contributed by atoms with van der Waals surface area (Å²) in [6, 6.07) is 0. The molecule has 0 radical (unpaired) electrons. The average molecular weight is 424 g/mol. The van der Waals surface area contributed by atoms with Crippen LogP contribution in [0.15, 0.2) is 11.3 Å². The fraction of sp³-hybridized carbons (Fsp3) is 0.786. The van der Waals surface area contributed by atoms with Crippen LogP contribution >= 0.6 is 24.0 Å². The average Bonchev–Trinajstić information content (AvgIpc) is 2.88. The Hall–Kier alpha value is -0.900. The first kappa shape index (κ1) is 21.1. The van der Waals surface area contributed by atoms with E-state index in [4.69, 9.17) is 0 Å². The lowest BCUT2D eigenvalue weighted by Crippen LogP contribution is -2.41. The number of aliphatic hydroxyl groups is 1. The van der Waals surface area contributed by atoms with E-state index in [9.17, 15) is 5.11 Å². The van der Waals surface area contributed by atoms with Crippen LogP contribution in [-0.4, -0.2) is 56.5 Å². The molecule has 0 fully saturated rings. The maximum Gasteiger partial charge on any atom is 0.194 e. The Balaban J connectivity index is 0.00000441. The predicted molar refractivity (Wildman–Crippen MR) is 99.4 cm³/mol. The Morgan fingerprint density at radius 2 is 2.05 bits per heavy atom. The number of aryl methyl sites for hydroxylation is 1. The van der Waals surface area contributed by atoms with Gasteiger partial charge < -0.3 is 15.3 Å². The molecule has 0 aliphatic heterocycles. The van der Waals surface area contributed by atoms with Crippen LogP contribution in [0.3, 0.4) is 0 Å². The van der Waals surface area contributed by atoms with Gasteiger partial charge in [0.25, 0.3) is 0 Å². The Bertz CT molecular complexity index is 458. The molecule has 0 aromatic carbocycles. The van der Waals surface area contributed by atoms with Crippen molar-refractivity contribution in [2.24, 2.45) is 12.0 Å². The summed E-state index contributed by atoms with van der Waals surface area (Å²) in [7, 11) is 3.82. The summed E-state index contributed by atoms with van der Waals surface area (Å²) in [5.41, 5.74) is -0.730. The third kappa shape index (κ3) is 6.07. The number of rotatable bonds is 7. The number of aliphatic imine (C=N–C) groups is 1. The summed E-state index contributed by atoms with van der Waals surface area (Å²) in [6.07, 6.45) is 2.93. The standard InChI is InChI=1S/C14H28N6O.HI/c1-6-14(21,7-2)10-16-13(15-8-3)19(4)9-12-17-11-18-20(12)5;/h11,21H,6-10H2,1-5H3,(H,15,16);1H. The van der Waals surface area contributed by atoms with Gasteiger partial charge in [-0.1, -0.05) is 13.8 Å². The molecule has 1 aromatic heterocycles. The van der Waals surface area contributed by atoms with Crippen molar-refractivity contribution < 1.29 is 5.11 Å². The predicted octanol–water partition coefficient (Wildman–Crippen LogP) is 1.38. The molecule has 1 heterocycles. The van der Waals surface area contributed by atoms with Crippen LogP contribution in [0.5, 0.6) is 0 Å². The molecule has 8 heteroatoms. The van der Waals surface area contributed by atoms with Crippen LogP contribution in [-0.2, 0) is 13.6 Å². The smallest absolute Gasteiger partial charge is 0.194 e. The molecule has 0 atom stereocenters. The minimum atomic E-state index is -0.730. The first-order valence-corrected chi connectivity index (χ1v) is 7.50. The van der Waals surface area contributed by atoms with Gasteiger partial charge in [-0.3, -0.25) is 9.67 Å². The van der Waals surface area contributed by atoms with Crippen molar-refractivity contribution in [2.45, 2.75) is 45.8 Å². The highest BCUT2D eigenvalue weighted by molar-refractivity contribution is 14.0. The summed E-state index contributed by atoms with van der Waals surface area (Å²) in [6.45, 7) is 7.77. The third-order valence-corrected chi connectivity index (χ3v) is 3.72. The zero-order chi connectivity index (χ0) is 15.9. The van der Waals surface area contributed by atoms with Gasteiger partial charge in [0.05, 0.1) is 18.7 Å². The summed E-state index contributed by atoms with van der Waals surface area (Å²) in [4.78, 5) is 10.8. The van der Waals surface area contributed by atoms with Crippen molar-refractivity contribution in [3.05, 3.63) is 12.2 Å². The molecule has 0 amide bonds. The van der Waals surface area contributed by atoms with Crippen molar-refractivity contribution in [2.75, 3.05) is 20.1 Å². The van der Waals surface area contributed by atoms with Crippen LogP contribution in [0.2, 0.25) is 0 Å². The largest absolute Gasteiger partial charge is 0.388 e. The van der Waals surface area contributed by atoms with Gasteiger partial charge in [0.15, 0.2) is 5.96 Å². The molecular formula is C14H29IN6O. The Labute approximate surface area is 150 Å². The molecule has 0 bridgehead atoms. The fourth-order valence-corrected chi connectivity index (χ4v) is 1.92. The monoisotopic (exact) mass is 424 g/mol. The molecule has 0 saturated heterocycles. The van der Waals surface area contributed by atoms with Crippen molar-refractivity contribution in [1.82, 2.24) is 25.0 Å². The summed E-state index contributed by atoms with van der Waals surface area (Å²) in [5.74, 6) is 1.63. The second-order valence-corrected chi connectivity index (χ2v) is 5.26. The topological polar surface area (TPSA) is 78.6 Å². The van der Waals surface area contributed by atoms with Crippen molar-refractivity contribution >= 4 is 29.9 Å². The minimum absolute atomic E-state index is 0. The minimum Gasteiger partial charge on any atom is -0.388 e. The van der Waals surface area contributed by atoms with E-state index >= 15 is 0 Å². The van der Waals surface area contributed by atoms with E-state index in [-0.39, 0.29) is 24.0 Å². The van der Waals surface area contributed by atoms with E-state index in [0.29, 0.717) is 25.9 Å². The van der Waals surface area contributed by atoms with Gasteiger partial charge >= 0.3 is 0 Å². The Morgan fingerprint density at radius 1 is 1.41 bits per heavy atom. The molecule has 0 spiro atoms. The second-order valence-electron chi connectivity index (χ2n) is 5.26. The molecular weight excluding hydrogens is 395 g/mol. The number of nitrogens with zero attached hydrogens (tertiary/aromatic N) is 5. The van der Waals surface area contributed by atoms with E-state index in [1.165, 1.54) is 0 Å². The number of hydrogen-bond acceptors (Lipinski definition) is 4. The SMILES string of the molecule is CCNC(=NCC(O)(CC)CC)N(C)Cc1ncnn1C.I. The van der Waals surface area contributed by atoms with Crippen LogP contribution in [0, 0.1) is 0 Å². The maximum atomic E-state index is 10.3. The van der Waals surface area contributed by atoms with E-state index < -0.39 is 5.60 Å². The molecule has 0 aliphatic carbocycles. The highest BCUT2D eigenvalue weighted by Gasteiger charge is 2.22. The van der Waals surface area contributed by atoms with E-state index in [1.807, 2.05) is 39.8 Å². The molecule has 2 N–H and O–H groups in total. The first-order chi connectivity index (χ1) is 9.95. The Morgan fingerprint density at radius 3 is 2.50 bits per heavy atom. The molecule has 22 heavy (non-hydrogen) atoms. The highest BCUT2D eigenvalue weighted by Crippen LogP contribution is 2.15. The molecule has 128 valence electrons. The quantitative estimate of drug-likeness (QED) is 0.393. The number of halogens is 1. The van der Waals surface area contributed by atoms with Gasteiger partial charge in [-0.2, -0.15) is 5.10 Å². The normalized spacial score (nSPS) is 12.0. The highest BCUT2D eigenvalue weighted by atomic mass is 127. The van der Waals surface area contributed by atoms with Gasteiger partial charge in [0.2, 0.25) is 0 Å². The van der Waals surface area contributed by atoms with Crippen LogP contribution < -0.4 is 5.32 Å². The molecule has 0 saturated carbocycles. The van der Waals surface area contributed by atoms with Gasteiger partial charge in [0, 0.05) is 20.6 Å². The van der Waals surface area contributed by atoms with E-state index in [1.54, 1.807) is 11.0 Å². The van der Waals surface area contributed by atoms with Crippen molar-refractivity contribution in [1.29, 1.82) is 0 Å². The Kier molecular flexibility index (Phi) is 9.58. The van der Waals surface area contributed by atoms with Crippen LogP contribution in [0.4, 0.5) is 0 Å². The lowest BCUT2D eigenvalue weighted by Gasteiger charge is -2.26. The summed E-state index contributed by atoms with van der Waals surface area (Å²) < 4.78 is 1.74. The number of guanidine groups is 1. The van der Waals surface area contributed by atoms with Crippen molar-refractivity contribution in [3.8, 4) is 0 Å². The van der Waals surface area contributed by atoms with Gasteiger partial charge in [-0.25, -0.2) is 4.98 Å². The molecule has 7 nitrogen and oxygen atoms in total. The number of hydrogen-bond donors (Lipinski definition) is 2. The van der Waals surface area contributed by atoms with Gasteiger partial charge in [-0.05, 0) is 19.8 Å². The maximum absolute atomic E-state index is 10.3. The van der Waals surface area contributed by atoms with Crippen LogP contribution in [0.1, 0.15) is 39.4 Å². The molecule has 1 aromatic rings. The third-order valence-electron chi connectivity index (χ3n) is 3.72. The van der Waals surface area contributed by atoms with Gasteiger partial charge in [-0.15, -0.1) is 24.0 Å². The zero-order valence-corrected chi connectivity index (χ0v) is 16.5. The lowest BCUT2D eigenvalue weighted by atomic mass is 9.98. The van der Waals surface area contributed by atoms with E-state index in [0.717, 1.165) is 18.3 Å². The second kappa shape index (κ2) is 9.98. The zero-order valence-electron chi connectivity index (χ0n) is 14.2. The van der Waals surface area contributed by atoms with Gasteiger partial charge in [0.1, 0.15) is 12.2 Å². The molecule has 1 rings (SSSR count). The summed E-state index contributed by atoms with van der Waals surface area (Å²) >= 11 is 0. The fourth-order valence-electron chi connectivity index (χ4n) is 1.92. The lowest BCUT2D eigenvalue weighted by molar-refractivity contribution is 0.0416. The van der Waals surface area contributed by atoms with E-state index in [2.05, 4.69) is 20.4 Å². The number of aromatic nitrogens is 3. The van der Waals surface area contributed by atoms with Crippen molar-refractivity contribution in [3.63, 3.8) is 0 Å². The molecule has 0 aliphatic rings. The summed E-state index contributed by atoms with van der Waals surface area (Å²) in [5, 5.41) is 17.7. The molecule has 0 unspecified atom stereocenters.